The Morgan fingerprint density at radius 2 is 1.79 bits per heavy atom. The summed E-state index contributed by atoms with van der Waals surface area (Å²) in [6, 6.07) is 13.6. The fourth-order valence-electron chi connectivity index (χ4n) is 1.77. The summed E-state index contributed by atoms with van der Waals surface area (Å²) in [5, 5.41) is 0. The molecule has 4 heteroatoms. The van der Waals surface area contributed by atoms with Gasteiger partial charge in [-0.25, -0.2) is 4.39 Å². The van der Waals surface area contributed by atoms with Crippen LogP contribution in [0.15, 0.2) is 53.0 Å². The second-order valence-electron chi connectivity index (χ2n) is 4.26. The molecule has 0 atom stereocenters. The van der Waals surface area contributed by atoms with Crippen LogP contribution in [0.3, 0.4) is 0 Å². The number of rotatable bonds is 3. The molecular formula is C15H13BrFNO. The Morgan fingerprint density at radius 3 is 2.42 bits per heavy atom. The summed E-state index contributed by atoms with van der Waals surface area (Å²) in [5.74, 6) is -0.422. The molecule has 98 valence electrons. The Hall–Kier alpha value is -1.68. The van der Waals surface area contributed by atoms with Crippen LogP contribution in [0.2, 0.25) is 0 Å². The fraction of sp³-hybridized carbons (Fsp3) is 0.133. The van der Waals surface area contributed by atoms with E-state index in [2.05, 4.69) is 15.9 Å². The molecule has 19 heavy (non-hydrogen) atoms. The highest BCUT2D eigenvalue weighted by Crippen LogP contribution is 2.14. The molecule has 0 fully saturated rings. The predicted octanol–water partition coefficient (Wildman–Crippen LogP) is 3.86. The third kappa shape index (κ3) is 3.41. The minimum atomic E-state index is -0.294. The molecule has 1 amide bonds. The Kier molecular flexibility index (Phi) is 4.32. The van der Waals surface area contributed by atoms with Crippen molar-refractivity contribution >= 4 is 21.8 Å². The lowest BCUT2D eigenvalue weighted by molar-refractivity contribution is 0.0784. The maximum absolute atomic E-state index is 13.5. The van der Waals surface area contributed by atoms with Gasteiger partial charge in [-0.05, 0) is 30.3 Å². The quantitative estimate of drug-likeness (QED) is 0.840. The van der Waals surface area contributed by atoms with E-state index in [-0.39, 0.29) is 18.3 Å². The van der Waals surface area contributed by atoms with Gasteiger partial charge in [0.25, 0.3) is 5.91 Å². The SMILES string of the molecule is CN(Cc1ccccc1F)C(=O)c1ccc(Br)cc1. The molecule has 0 bridgehead atoms. The maximum atomic E-state index is 13.5. The highest BCUT2D eigenvalue weighted by molar-refractivity contribution is 9.10. The second-order valence-corrected chi connectivity index (χ2v) is 5.18. The lowest BCUT2D eigenvalue weighted by Gasteiger charge is -2.17. The standard InChI is InChI=1S/C15H13BrFNO/c1-18(10-12-4-2-3-5-14(12)17)15(19)11-6-8-13(16)9-7-11/h2-9H,10H2,1H3. The molecule has 2 rings (SSSR count). The first kappa shape index (κ1) is 13.7. The lowest BCUT2D eigenvalue weighted by Crippen LogP contribution is -2.26. The summed E-state index contributed by atoms with van der Waals surface area (Å²) in [5.41, 5.74) is 1.09. The van der Waals surface area contributed by atoms with Crippen LogP contribution in [-0.2, 0) is 6.54 Å². The van der Waals surface area contributed by atoms with Crippen molar-refractivity contribution in [3.8, 4) is 0 Å². The van der Waals surface area contributed by atoms with E-state index in [0.29, 0.717) is 11.1 Å². The van der Waals surface area contributed by atoms with Gasteiger partial charge in [-0.3, -0.25) is 4.79 Å². The molecule has 0 aliphatic carbocycles. The van der Waals surface area contributed by atoms with E-state index in [0.717, 1.165) is 4.47 Å². The average Bonchev–Trinajstić information content (AvgIpc) is 2.41. The molecule has 0 heterocycles. The second kappa shape index (κ2) is 5.97. The molecule has 0 unspecified atom stereocenters. The Labute approximate surface area is 120 Å². The van der Waals surface area contributed by atoms with Crippen molar-refractivity contribution in [2.45, 2.75) is 6.54 Å². The zero-order valence-corrected chi connectivity index (χ0v) is 12.0. The van der Waals surface area contributed by atoms with Crippen LogP contribution in [0, 0.1) is 5.82 Å². The van der Waals surface area contributed by atoms with Gasteiger partial charge in [-0.15, -0.1) is 0 Å². The molecule has 2 aromatic rings. The number of carbonyl (C=O) groups excluding carboxylic acids is 1. The Bertz CT molecular complexity index is 583. The number of nitrogens with zero attached hydrogens (tertiary/aromatic N) is 1. The largest absolute Gasteiger partial charge is 0.337 e. The summed E-state index contributed by atoms with van der Waals surface area (Å²) < 4.78 is 14.4. The smallest absolute Gasteiger partial charge is 0.253 e. The highest BCUT2D eigenvalue weighted by atomic mass is 79.9. The van der Waals surface area contributed by atoms with E-state index in [1.807, 2.05) is 12.1 Å². The van der Waals surface area contributed by atoms with Gasteiger partial charge < -0.3 is 4.90 Å². The maximum Gasteiger partial charge on any atom is 0.253 e. The van der Waals surface area contributed by atoms with Gasteiger partial charge in [0.15, 0.2) is 0 Å². The van der Waals surface area contributed by atoms with Gasteiger partial charge in [-0.2, -0.15) is 0 Å². The normalized spacial score (nSPS) is 10.3. The highest BCUT2D eigenvalue weighted by Gasteiger charge is 2.13. The van der Waals surface area contributed by atoms with E-state index in [9.17, 15) is 9.18 Å². The molecule has 2 aromatic carbocycles. The van der Waals surface area contributed by atoms with Crippen LogP contribution in [0.25, 0.3) is 0 Å². The summed E-state index contributed by atoms with van der Waals surface area (Å²) in [4.78, 5) is 13.7. The Balaban J connectivity index is 2.12. The first-order chi connectivity index (χ1) is 9.08. The average molecular weight is 322 g/mol. The third-order valence-corrected chi connectivity index (χ3v) is 3.33. The molecular weight excluding hydrogens is 309 g/mol. The molecule has 0 saturated carbocycles. The van der Waals surface area contributed by atoms with Gasteiger partial charge in [0, 0.05) is 29.2 Å². The van der Waals surface area contributed by atoms with Crippen molar-refractivity contribution in [2.75, 3.05) is 7.05 Å². The monoisotopic (exact) mass is 321 g/mol. The summed E-state index contributed by atoms with van der Waals surface area (Å²) in [6.07, 6.45) is 0. The number of amides is 1. The van der Waals surface area contributed by atoms with Crippen LogP contribution in [0.1, 0.15) is 15.9 Å². The van der Waals surface area contributed by atoms with E-state index >= 15 is 0 Å². The third-order valence-electron chi connectivity index (χ3n) is 2.80. The molecule has 0 aliphatic heterocycles. The van der Waals surface area contributed by atoms with Crippen LogP contribution >= 0.6 is 15.9 Å². The molecule has 0 aliphatic rings. The van der Waals surface area contributed by atoms with Crippen LogP contribution < -0.4 is 0 Å². The number of hydrogen-bond acceptors (Lipinski definition) is 1. The van der Waals surface area contributed by atoms with Gasteiger partial charge in [0.05, 0.1) is 0 Å². The van der Waals surface area contributed by atoms with Gasteiger partial charge >= 0.3 is 0 Å². The van der Waals surface area contributed by atoms with Crippen molar-refractivity contribution in [2.24, 2.45) is 0 Å². The molecule has 2 nitrogen and oxygen atoms in total. The first-order valence-electron chi connectivity index (χ1n) is 5.82. The molecule has 0 N–H and O–H groups in total. The predicted molar refractivity (Wildman–Crippen MR) is 76.3 cm³/mol. The van der Waals surface area contributed by atoms with Crippen molar-refractivity contribution in [1.29, 1.82) is 0 Å². The molecule has 0 saturated heterocycles. The fourth-order valence-corrected chi connectivity index (χ4v) is 2.03. The van der Waals surface area contributed by atoms with E-state index in [1.54, 1.807) is 37.4 Å². The van der Waals surface area contributed by atoms with Crippen molar-refractivity contribution < 1.29 is 9.18 Å². The number of hydrogen-bond donors (Lipinski definition) is 0. The molecule has 0 spiro atoms. The summed E-state index contributed by atoms with van der Waals surface area (Å²) in [6.45, 7) is 0.252. The van der Waals surface area contributed by atoms with Crippen LogP contribution in [0.5, 0.6) is 0 Å². The van der Waals surface area contributed by atoms with Gasteiger partial charge in [0.1, 0.15) is 5.82 Å². The molecule has 0 aromatic heterocycles. The lowest BCUT2D eigenvalue weighted by atomic mass is 10.1. The zero-order chi connectivity index (χ0) is 13.8. The van der Waals surface area contributed by atoms with Gasteiger partial charge in [0.2, 0.25) is 0 Å². The number of benzene rings is 2. The zero-order valence-electron chi connectivity index (χ0n) is 10.4. The summed E-state index contributed by atoms with van der Waals surface area (Å²) >= 11 is 3.32. The Morgan fingerprint density at radius 1 is 1.16 bits per heavy atom. The minimum Gasteiger partial charge on any atom is -0.337 e. The van der Waals surface area contributed by atoms with Crippen molar-refractivity contribution in [1.82, 2.24) is 4.90 Å². The number of halogens is 2. The number of carbonyl (C=O) groups is 1. The van der Waals surface area contributed by atoms with E-state index in [4.69, 9.17) is 0 Å². The van der Waals surface area contributed by atoms with Crippen LogP contribution in [-0.4, -0.2) is 17.9 Å². The molecule has 0 radical (unpaired) electrons. The van der Waals surface area contributed by atoms with Crippen molar-refractivity contribution in [3.05, 3.63) is 69.9 Å². The topological polar surface area (TPSA) is 20.3 Å². The minimum absolute atomic E-state index is 0.129. The van der Waals surface area contributed by atoms with Crippen molar-refractivity contribution in [3.63, 3.8) is 0 Å². The van der Waals surface area contributed by atoms with E-state index < -0.39 is 0 Å². The van der Waals surface area contributed by atoms with E-state index in [1.165, 1.54) is 11.0 Å². The summed E-state index contributed by atoms with van der Waals surface area (Å²) in [7, 11) is 1.66. The van der Waals surface area contributed by atoms with Gasteiger partial charge in [-0.1, -0.05) is 34.1 Å². The van der Waals surface area contributed by atoms with Crippen LogP contribution in [0.4, 0.5) is 4.39 Å². The first-order valence-corrected chi connectivity index (χ1v) is 6.61.